The molecule has 0 aliphatic heterocycles. The number of aliphatic hydroxyl groups is 1. The lowest BCUT2D eigenvalue weighted by atomic mass is 9.78. The minimum atomic E-state index is -0.611. The van der Waals surface area contributed by atoms with Gasteiger partial charge < -0.3 is 14.7 Å². The molecule has 0 aromatic rings. The molecule has 2 saturated carbocycles. The number of carbonyl (C=O) groups is 1. The van der Waals surface area contributed by atoms with E-state index in [9.17, 15) is 9.90 Å². The third-order valence-corrected chi connectivity index (χ3v) is 5.03. The predicted molar refractivity (Wildman–Crippen MR) is 78.4 cm³/mol. The first-order valence-electron chi connectivity index (χ1n) is 8.13. The maximum absolute atomic E-state index is 11.7. The van der Waals surface area contributed by atoms with Gasteiger partial charge in [0.1, 0.15) is 0 Å². The molecular formula is C16H29NO3. The first-order valence-corrected chi connectivity index (χ1v) is 8.13. The summed E-state index contributed by atoms with van der Waals surface area (Å²) in [5.74, 6) is -0.0919. The number of nitrogens with zero attached hydrogens (tertiary/aromatic N) is 1. The van der Waals surface area contributed by atoms with E-state index < -0.39 is 5.60 Å². The molecule has 2 fully saturated rings. The second-order valence-electron chi connectivity index (χ2n) is 6.60. The summed E-state index contributed by atoms with van der Waals surface area (Å²) in [6.45, 7) is 3.03. The van der Waals surface area contributed by atoms with Crippen molar-refractivity contribution >= 4 is 5.97 Å². The van der Waals surface area contributed by atoms with Crippen LogP contribution in [-0.4, -0.2) is 47.8 Å². The molecule has 20 heavy (non-hydrogen) atoms. The van der Waals surface area contributed by atoms with E-state index in [1.54, 1.807) is 0 Å². The monoisotopic (exact) mass is 283 g/mol. The summed E-state index contributed by atoms with van der Waals surface area (Å²) in [5, 5.41) is 10.7. The maximum atomic E-state index is 11.7. The zero-order valence-electron chi connectivity index (χ0n) is 12.9. The number of ether oxygens (including phenoxy) is 1. The second kappa shape index (κ2) is 6.90. The van der Waals surface area contributed by atoms with E-state index in [4.69, 9.17) is 4.74 Å². The Morgan fingerprint density at radius 2 is 1.85 bits per heavy atom. The number of hydrogen-bond acceptors (Lipinski definition) is 4. The van der Waals surface area contributed by atoms with Crippen LogP contribution in [0.5, 0.6) is 0 Å². The van der Waals surface area contributed by atoms with Crippen molar-refractivity contribution in [2.24, 2.45) is 5.92 Å². The SMILES string of the molecule is CCOC(=O)C1CCC(O)(CN(C)C2CCCC2)CC1. The van der Waals surface area contributed by atoms with Crippen molar-refractivity contribution in [1.82, 2.24) is 4.90 Å². The van der Waals surface area contributed by atoms with E-state index in [1.165, 1.54) is 25.7 Å². The van der Waals surface area contributed by atoms with Gasteiger partial charge in [-0.25, -0.2) is 0 Å². The standard InChI is InChI=1S/C16H29NO3/c1-3-20-15(18)13-8-10-16(19,11-9-13)12-17(2)14-6-4-5-7-14/h13-14,19H,3-12H2,1-2H3. The highest BCUT2D eigenvalue weighted by Gasteiger charge is 2.38. The summed E-state index contributed by atoms with van der Waals surface area (Å²) >= 11 is 0. The summed E-state index contributed by atoms with van der Waals surface area (Å²) in [5.41, 5.74) is -0.611. The van der Waals surface area contributed by atoms with E-state index in [0.29, 0.717) is 25.5 Å². The smallest absolute Gasteiger partial charge is 0.308 e. The van der Waals surface area contributed by atoms with Crippen LogP contribution in [-0.2, 0) is 9.53 Å². The van der Waals surface area contributed by atoms with E-state index in [2.05, 4.69) is 11.9 Å². The van der Waals surface area contributed by atoms with Crippen LogP contribution in [0.25, 0.3) is 0 Å². The van der Waals surface area contributed by atoms with E-state index in [-0.39, 0.29) is 11.9 Å². The topological polar surface area (TPSA) is 49.8 Å². The molecule has 0 atom stereocenters. The lowest BCUT2D eigenvalue weighted by Crippen LogP contribution is -2.47. The van der Waals surface area contributed by atoms with Crippen LogP contribution in [0.4, 0.5) is 0 Å². The molecule has 0 aromatic carbocycles. The first-order chi connectivity index (χ1) is 9.54. The highest BCUT2D eigenvalue weighted by Crippen LogP contribution is 2.34. The average Bonchev–Trinajstić information content (AvgIpc) is 2.93. The van der Waals surface area contributed by atoms with Gasteiger partial charge in [-0.1, -0.05) is 12.8 Å². The number of hydrogen-bond donors (Lipinski definition) is 1. The summed E-state index contributed by atoms with van der Waals surface area (Å²) in [4.78, 5) is 14.1. The third kappa shape index (κ3) is 3.95. The summed E-state index contributed by atoms with van der Waals surface area (Å²) in [7, 11) is 2.13. The van der Waals surface area contributed by atoms with Gasteiger partial charge in [-0.05, 0) is 52.5 Å². The Morgan fingerprint density at radius 1 is 1.25 bits per heavy atom. The number of carbonyl (C=O) groups excluding carboxylic acids is 1. The van der Waals surface area contributed by atoms with Gasteiger partial charge in [-0.3, -0.25) is 4.79 Å². The Hall–Kier alpha value is -0.610. The Morgan fingerprint density at radius 3 is 2.40 bits per heavy atom. The second-order valence-corrected chi connectivity index (χ2v) is 6.60. The molecule has 4 heteroatoms. The molecule has 0 saturated heterocycles. The first kappa shape index (κ1) is 15.8. The van der Waals surface area contributed by atoms with Crippen LogP contribution in [0.3, 0.4) is 0 Å². The Balaban J connectivity index is 1.80. The Bertz CT molecular complexity index is 318. The molecule has 0 radical (unpaired) electrons. The van der Waals surface area contributed by atoms with Gasteiger partial charge in [0.15, 0.2) is 0 Å². The van der Waals surface area contributed by atoms with Crippen molar-refractivity contribution in [2.45, 2.75) is 69.9 Å². The number of likely N-dealkylation sites (N-methyl/N-ethyl adjacent to an activating group) is 1. The fraction of sp³-hybridized carbons (Fsp3) is 0.938. The van der Waals surface area contributed by atoms with Crippen LogP contribution in [0.2, 0.25) is 0 Å². The molecule has 0 unspecified atom stereocenters. The molecule has 1 N–H and O–H groups in total. The molecule has 0 heterocycles. The maximum Gasteiger partial charge on any atom is 0.308 e. The fourth-order valence-corrected chi connectivity index (χ4v) is 3.75. The van der Waals surface area contributed by atoms with Gasteiger partial charge in [0.2, 0.25) is 0 Å². The minimum absolute atomic E-state index is 0.00740. The van der Waals surface area contributed by atoms with E-state index >= 15 is 0 Å². The molecule has 2 rings (SSSR count). The molecule has 116 valence electrons. The van der Waals surface area contributed by atoms with Gasteiger partial charge in [-0.2, -0.15) is 0 Å². The zero-order valence-corrected chi connectivity index (χ0v) is 12.9. The van der Waals surface area contributed by atoms with Crippen molar-refractivity contribution in [2.75, 3.05) is 20.2 Å². The molecule has 0 spiro atoms. The summed E-state index contributed by atoms with van der Waals surface area (Å²) in [6, 6.07) is 0.641. The zero-order chi connectivity index (χ0) is 14.6. The van der Waals surface area contributed by atoms with Gasteiger partial charge in [0.25, 0.3) is 0 Å². The van der Waals surface area contributed by atoms with Crippen molar-refractivity contribution < 1.29 is 14.6 Å². The quantitative estimate of drug-likeness (QED) is 0.787. The van der Waals surface area contributed by atoms with Crippen LogP contribution < -0.4 is 0 Å². The van der Waals surface area contributed by atoms with Crippen molar-refractivity contribution in [3.63, 3.8) is 0 Å². The Kier molecular flexibility index (Phi) is 5.44. The molecule has 4 nitrogen and oxygen atoms in total. The summed E-state index contributed by atoms with van der Waals surface area (Å²) < 4.78 is 5.08. The van der Waals surface area contributed by atoms with Gasteiger partial charge in [-0.15, -0.1) is 0 Å². The average molecular weight is 283 g/mol. The van der Waals surface area contributed by atoms with Crippen LogP contribution in [0, 0.1) is 5.92 Å². The molecule has 0 aromatic heterocycles. The van der Waals surface area contributed by atoms with Gasteiger partial charge in [0.05, 0.1) is 18.1 Å². The largest absolute Gasteiger partial charge is 0.466 e. The normalized spacial score (nSPS) is 31.7. The molecule has 0 amide bonds. The summed E-state index contributed by atoms with van der Waals surface area (Å²) in [6.07, 6.45) is 8.11. The molecular weight excluding hydrogens is 254 g/mol. The molecule has 2 aliphatic rings. The minimum Gasteiger partial charge on any atom is -0.466 e. The lowest BCUT2D eigenvalue weighted by Gasteiger charge is -2.39. The fourth-order valence-electron chi connectivity index (χ4n) is 3.75. The van der Waals surface area contributed by atoms with Crippen molar-refractivity contribution in [1.29, 1.82) is 0 Å². The highest BCUT2D eigenvalue weighted by atomic mass is 16.5. The number of esters is 1. The van der Waals surface area contributed by atoms with Crippen molar-refractivity contribution in [3.05, 3.63) is 0 Å². The van der Waals surface area contributed by atoms with Crippen molar-refractivity contribution in [3.8, 4) is 0 Å². The van der Waals surface area contributed by atoms with Crippen LogP contribution >= 0.6 is 0 Å². The van der Waals surface area contributed by atoms with Crippen LogP contribution in [0.1, 0.15) is 58.3 Å². The highest BCUT2D eigenvalue weighted by molar-refractivity contribution is 5.72. The lowest BCUT2D eigenvalue weighted by molar-refractivity contribution is -0.151. The van der Waals surface area contributed by atoms with E-state index in [1.807, 2.05) is 6.92 Å². The van der Waals surface area contributed by atoms with Gasteiger partial charge in [0, 0.05) is 12.6 Å². The molecule has 0 bridgehead atoms. The van der Waals surface area contributed by atoms with Gasteiger partial charge >= 0.3 is 5.97 Å². The number of rotatable bonds is 5. The molecule has 2 aliphatic carbocycles. The Labute approximate surface area is 122 Å². The third-order valence-electron chi connectivity index (χ3n) is 5.03. The predicted octanol–water partition coefficient (Wildman–Crippen LogP) is 2.35. The van der Waals surface area contributed by atoms with E-state index in [0.717, 1.165) is 19.4 Å². The van der Waals surface area contributed by atoms with Crippen LogP contribution in [0.15, 0.2) is 0 Å².